The number of aliphatic carboxylic acids is 1. The van der Waals surface area contributed by atoms with Crippen LogP contribution in [0.4, 0.5) is 5.69 Å². The monoisotopic (exact) mass is 652 g/mol. The highest BCUT2D eigenvalue weighted by Gasteiger charge is 2.33. The van der Waals surface area contributed by atoms with E-state index in [1.165, 1.54) is 77.0 Å². The second kappa shape index (κ2) is 22.7. The van der Waals surface area contributed by atoms with E-state index in [0.29, 0.717) is 12.1 Å². The lowest BCUT2D eigenvalue weighted by molar-refractivity contribution is -0.253. The fraction of sp³-hybridized carbons (Fsp3) is 0.641. The molecule has 8 nitrogen and oxygen atoms in total. The van der Waals surface area contributed by atoms with Gasteiger partial charge in [-0.25, -0.2) is 0 Å². The van der Waals surface area contributed by atoms with Gasteiger partial charge in [0, 0.05) is 37.1 Å². The van der Waals surface area contributed by atoms with Crippen molar-refractivity contribution < 1.29 is 29.3 Å². The van der Waals surface area contributed by atoms with Crippen LogP contribution in [-0.4, -0.2) is 52.7 Å². The number of hydrogen-bond donors (Lipinski definition) is 3. The number of aliphatic hydroxyl groups excluding tert-OH is 1. The zero-order chi connectivity index (χ0) is 33.7. The number of rotatable bonds is 24. The molecule has 0 unspecified atom stereocenters. The summed E-state index contributed by atoms with van der Waals surface area (Å²) in [5, 5.41) is 21.3. The normalized spacial score (nSPS) is 18.0. The molecule has 47 heavy (non-hydrogen) atoms. The number of benzene rings is 2. The van der Waals surface area contributed by atoms with Crippen molar-refractivity contribution in [3.63, 3.8) is 0 Å². The van der Waals surface area contributed by atoms with Gasteiger partial charge in [0.25, 0.3) is 0 Å². The Morgan fingerprint density at radius 1 is 0.745 bits per heavy atom. The van der Waals surface area contributed by atoms with Crippen LogP contribution >= 0.6 is 0 Å². The number of carbonyl (C=O) groups excluding carboxylic acids is 1. The standard InChI is InChI=1S/C39H60N2O6/c1-3-5-7-9-11-13-26-41(27-14-12-10-8-6-4-2)29-35-28-36(32-20-18-31(30-42)19-21-32)47-39(46-35)33-22-24-34(25-23-33)40-37(43)16-15-17-38(44)45/h18-25,35-36,39,42H,3-17,26-30H2,1-2H3,(H,40,43)(H,44,45)/t35-,36+,39+/m0/s1. The van der Waals surface area contributed by atoms with Crippen molar-refractivity contribution >= 4 is 17.6 Å². The Hall–Kier alpha value is -2.78. The first-order chi connectivity index (χ1) is 22.9. The van der Waals surface area contributed by atoms with Gasteiger partial charge in [0.15, 0.2) is 6.29 Å². The van der Waals surface area contributed by atoms with E-state index < -0.39 is 12.3 Å². The van der Waals surface area contributed by atoms with Crippen LogP contribution in [0.2, 0.25) is 0 Å². The van der Waals surface area contributed by atoms with E-state index in [1.807, 2.05) is 48.5 Å². The fourth-order valence-electron chi connectivity index (χ4n) is 6.19. The molecule has 2 aromatic rings. The summed E-state index contributed by atoms with van der Waals surface area (Å²) in [7, 11) is 0. The average Bonchev–Trinajstić information content (AvgIpc) is 3.07. The largest absolute Gasteiger partial charge is 0.481 e. The Morgan fingerprint density at radius 3 is 1.89 bits per heavy atom. The van der Waals surface area contributed by atoms with Gasteiger partial charge in [0.05, 0.1) is 18.8 Å². The van der Waals surface area contributed by atoms with Crippen LogP contribution in [0, 0.1) is 0 Å². The number of ether oxygens (including phenoxy) is 2. The van der Waals surface area contributed by atoms with E-state index >= 15 is 0 Å². The minimum absolute atomic E-state index is 0.00839. The smallest absolute Gasteiger partial charge is 0.303 e. The van der Waals surface area contributed by atoms with Gasteiger partial charge in [-0.05, 0) is 55.6 Å². The minimum atomic E-state index is -0.900. The first-order valence-corrected chi connectivity index (χ1v) is 18.3. The molecule has 1 amide bonds. The van der Waals surface area contributed by atoms with Crippen LogP contribution in [-0.2, 0) is 25.7 Å². The van der Waals surface area contributed by atoms with Gasteiger partial charge in [-0.1, -0.05) is 114 Å². The fourth-order valence-corrected chi connectivity index (χ4v) is 6.19. The van der Waals surface area contributed by atoms with Gasteiger partial charge in [0.2, 0.25) is 5.91 Å². The molecule has 0 spiro atoms. The third-order valence-electron chi connectivity index (χ3n) is 8.99. The van der Waals surface area contributed by atoms with Crippen LogP contribution in [0.25, 0.3) is 0 Å². The van der Waals surface area contributed by atoms with Crippen LogP contribution < -0.4 is 5.32 Å². The maximum Gasteiger partial charge on any atom is 0.303 e. The van der Waals surface area contributed by atoms with Crippen LogP contribution in [0.1, 0.15) is 146 Å². The summed E-state index contributed by atoms with van der Waals surface area (Å²) in [6.45, 7) is 7.56. The van der Waals surface area contributed by atoms with Crippen molar-refractivity contribution in [1.29, 1.82) is 0 Å². The maximum absolute atomic E-state index is 12.3. The highest BCUT2D eigenvalue weighted by atomic mass is 16.7. The van der Waals surface area contributed by atoms with Gasteiger partial charge >= 0.3 is 5.97 Å². The number of carbonyl (C=O) groups is 2. The van der Waals surface area contributed by atoms with Crippen molar-refractivity contribution in [3.05, 3.63) is 65.2 Å². The quantitative estimate of drug-likeness (QED) is 0.0972. The lowest BCUT2D eigenvalue weighted by Crippen LogP contribution is -2.40. The topological polar surface area (TPSA) is 108 Å². The SMILES string of the molecule is CCCCCCCCN(CCCCCCCC)C[C@@H]1C[C@H](c2ccc(CO)cc2)O[C@H](c2ccc(NC(=O)CCCC(=O)O)cc2)O1. The molecule has 1 saturated heterocycles. The van der Waals surface area contributed by atoms with E-state index in [2.05, 4.69) is 24.1 Å². The predicted octanol–water partition coefficient (Wildman–Crippen LogP) is 8.94. The number of nitrogens with one attached hydrogen (secondary N) is 1. The van der Waals surface area contributed by atoms with Crippen LogP contribution in [0.5, 0.6) is 0 Å². The number of carboxylic acids is 1. The van der Waals surface area contributed by atoms with E-state index in [1.54, 1.807) is 0 Å². The van der Waals surface area contributed by atoms with E-state index in [0.717, 1.165) is 42.7 Å². The molecule has 0 aliphatic carbocycles. The van der Waals surface area contributed by atoms with Crippen molar-refractivity contribution in [2.75, 3.05) is 25.0 Å². The Balaban J connectivity index is 1.69. The van der Waals surface area contributed by atoms with Crippen molar-refractivity contribution in [3.8, 4) is 0 Å². The third kappa shape index (κ3) is 15.3. The molecular formula is C39H60N2O6. The van der Waals surface area contributed by atoms with Crippen molar-refractivity contribution in [1.82, 2.24) is 4.90 Å². The van der Waals surface area contributed by atoms with Gasteiger partial charge in [-0.15, -0.1) is 0 Å². The summed E-state index contributed by atoms with van der Waals surface area (Å²) in [6, 6.07) is 15.5. The van der Waals surface area contributed by atoms with Gasteiger partial charge in [-0.2, -0.15) is 0 Å². The van der Waals surface area contributed by atoms with Gasteiger partial charge < -0.3 is 29.9 Å². The lowest BCUT2D eigenvalue weighted by Gasteiger charge is -2.38. The summed E-state index contributed by atoms with van der Waals surface area (Å²) in [6.07, 6.45) is 15.9. The highest BCUT2D eigenvalue weighted by Crippen LogP contribution is 2.38. The van der Waals surface area contributed by atoms with E-state index in [-0.39, 0.29) is 37.6 Å². The number of amides is 1. The number of nitrogens with zero attached hydrogens (tertiary/aromatic N) is 1. The Labute approximate surface area is 283 Å². The number of anilines is 1. The van der Waals surface area contributed by atoms with Crippen molar-refractivity contribution in [2.24, 2.45) is 0 Å². The maximum atomic E-state index is 12.3. The van der Waals surface area contributed by atoms with Crippen molar-refractivity contribution in [2.45, 2.75) is 142 Å². The molecule has 3 atom stereocenters. The van der Waals surface area contributed by atoms with Crippen LogP contribution in [0.15, 0.2) is 48.5 Å². The summed E-state index contributed by atoms with van der Waals surface area (Å²) in [5.41, 5.74) is 3.48. The molecule has 2 aromatic carbocycles. The first kappa shape index (κ1) is 38.7. The molecule has 0 aromatic heterocycles. The summed E-state index contributed by atoms with van der Waals surface area (Å²) in [4.78, 5) is 25.7. The minimum Gasteiger partial charge on any atom is -0.481 e. The lowest BCUT2D eigenvalue weighted by atomic mass is 9.99. The third-order valence-corrected chi connectivity index (χ3v) is 8.99. The Morgan fingerprint density at radius 2 is 1.32 bits per heavy atom. The van der Waals surface area contributed by atoms with E-state index in [4.69, 9.17) is 14.6 Å². The van der Waals surface area contributed by atoms with Gasteiger partial charge in [-0.3, -0.25) is 9.59 Å². The summed E-state index contributed by atoms with van der Waals surface area (Å²) < 4.78 is 13.2. The average molecular weight is 653 g/mol. The second-order valence-corrected chi connectivity index (χ2v) is 13.1. The molecule has 1 heterocycles. The molecule has 1 aliphatic rings. The molecule has 0 saturated carbocycles. The molecule has 3 N–H and O–H groups in total. The molecule has 1 aliphatic heterocycles. The molecular weight excluding hydrogens is 592 g/mol. The molecule has 3 rings (SSSR count). The predicted molar refractivity (Wildman–Crippen MR) is 188 cm³/mol. The molecule has 262 valence electrons. The second-order valence-electron chi connectivity index (χ2n) is 13.1. The number of hydrogen-bond acceptors (Lipinski definition) is 6. The Bertz CT molecular complexity index is 1120. The van der Waals surface area contributed by atoms with Gasteiger partial charge in [0.1, 0.15) is 0 Å². The zero-order valence-electron chi connectivity index (χ0n) is 29.0. The summed E-state index contributed by atoms with van der Waals surface area (Å²) in [5.74, 6) is -1.10. The first-order valence-electron chi connectivity index (χ1n) is 18.3. The summed E-state index contributed by atoms with van der Waals surface area (Å²) >= 11 is 0. The number of unbranched alkanes of at least 4 members (excludes halogenated alkanes) is 10. The Kier molecular flexibility index (Phi) is 18.7. The van der Waals surface area contributed by atoms with Crippen LogP contribution in [0.3, 0.4) is 0 Å². The molecule has 0 radical (unpaired) electrons. The molecule has 0 bridgehead atoms. The van der Waals surface area contributed by atoms with E-state index in [9.17, 15) is 14.7 Å². The highest BCUT2D eigenvalue weighted by molar-refractivity contribution is 5.90. The zero-order valence-corrected chi connectivity index (χ0v) is 29.0. The molecule has 1 fully saturated rings. The number of aliphatic hydroxyl groups is 1. The molecule has 8 heteroatoms. The number of carboxylic acid groups (broad SMARTS) is 1.